The molecule has 0 spiro atoms. The van der Waals surface area contributed by atoms with Crippen molar-refractivity contribution in [3.05, 3.63) is 58.8 Å². The van der Waals surface area contributed by atoms with Crippen LogP contribution in [0.2, 0.25) is 0 Å². The van der Waals surface area contributed by atoms with Crippen molar-refractivity contribution in [2.75, 3.05) is 23.3 Å². The van der Waals surface area contributed by atoms with E-state index in [-0.39, 0.29) is 22.4 Å². The Morgan fingerprint density at radius 2 is 1.88 bits per heavy atom. The minimum atomic E-state index is -0.366. The number of nitrogens with zero attached hydrogens (tertiary/aromatic N) is 3. The molecule has 1 aliphatic rings. The van der Waals surface area contributed by atoms with Gasteiger partial charge in [0.15, 0.2) is 0 Å². The van der Waals surface area contributed by atoms with Gasteiger partial charge in [-0.3, -0.25) is 14.9 Å². The second-order valence-electron chi connectivity index (χ2n) is 5.71. The molecule has 1 fully saturated rings. The van der Waals surface area contributed by atoms with E-state index in [2.05, 4.69) is 10.3 Å². The quantitative estimate of drug-likeness (QED) is 0.689. The van der Waals surface area contributed by atoms with E-state index < -0.39 is 0 Å². The molecule has 0 saturated carbocycles. The third-order valence-electron chi connectivity index (χ3n) is 4.20. The number of para-hydroxylation sites is 2. The zero-order valence-electron chi connectivity index (χ0n) is 13.1. The molecule has 0 radical (unpaired) electrons. The van der Waals surface area contributed by atoms with Gasteiger partial charge in [-0.15, -0.1) is 0 Å². The molecular weight excluding hydrogens is 308 g/mol. The lowest BCUT2D eigenvalue weighted by atomic mass is 9.95. The summed E-state index contributed by atoms with van der Waals surface area (Å²) in [6, 6.07) is 12.1. The largest absolute Gasteiger partial charge is 0.366 e. The monoisotopic (exact) mass is 326 g/mol. The van der Waals surface area contributed by atoms with Gasteiger partial charge in [-0.2, -0.15) is 0 Å². The molecule has 1 amide bonds. The van der Waals surface area contributed by atoms with Gasteiger partial charge in [0, 0.05) is 31.3 Å². The first kappa shape index (κ1) is 15.9. The highest BCUT2D eigenvalue weighted by atomic mass is 16.6. The van der Waals surface area contributed by atoms with Crippen molar-refractivity contribution in [1.82, 2.24) is 4.98 Å². The molecule has 0 atom stereocenters. The second-order valence-corrected chi connectivity index (χ2v) is 5.71. The summed E-state index contributed by atoms with van der Waals surface area (Å²) in [5.41, 5.74) is 0.722. The van der Waals surface area contributed by atoms with Gasteiger partial charge in [-0.1, -0.05) is 18.2 Å². The second kappa shape index (κ2) is 7.08. The molecule has 0 unspecified atom stereocenters. The molecule has 7 heteroatoms. The number of anilines is 2. The van der Waals surface area contributed by atoms with Crippen LogP contribution in [0.4, 0.5) is 17.2 Å². The average molecular weight is 326 g/mol. The zero-order valence-corrected chi connectivity index (χ0v) is 13.1. The number of hydrogen-bond acceptors (Lipinski definition) is 5. The van der Waals surface area contributed by atoms with Gasteiger partial charge in [0.2, 0.25) is 5.91 Å². The first-order chi connectivity index (χ1) is 11.6. The van der Waals surface area contributed by atoms with Crippen molar-refractivity contribution in [2.45, 2.75) is 12.8 Å². The Morgan fingerprint density at radius 3 is 2.54 bits per heavy atom. The van der Waals surface area contributed by atoms with Crippen molar-refractivity contribution in [3.63, 3.8) is 0 Å². The summed E-state index contributed by atoms with van der Waals surface area (Å²) < 4.78 is 0. The molecule has 24 heavy (non-hydrogen) atoms. The minimum absolute atomic E-state index is 0.0455. The third kappa shape index (κ3) is 3.51. The number of benzene rings is 1. The normalized spacial score (nSPS) is 15.1. The Bertz CT molecular complexity index is 728. The first-order valence-corrected chi connectivity index (χ1v) is 7.85. The van der Waals surface area contributed by atoms with Crippen LogP contribution in [0.5, 0.6) is 0 Å². The molecule has 7 nitrogen and oxygen atoms in total. The maximum atomic E-state index is 12.3. The van der Waals surface area contributed by atoms with E-state index >= 15 is 0 Å². The first-order valence-electron chi connectivity index (χ1n) is 7.85. The molecule has 1 aliphatic heterocycles. The van der Waals surface area contributed by atoms with Gasteiger partial charge in [-0.25, -0.2) is 4.98 Å². The van der Waals surface area contributed by atoms with E-state index in [1.54, 1.807) is 36.5 Å². The number of aromatic nitrogens is 1. The van der Waals surface area contributed by atoms with E-state index in [4.69, 9.17) is 0 Å². The number of nitrogens with one attached hydrogen (secondary N) is 1. The van der Waals surface area contributed by atoms with Gasteiger partial charge in [0.1, 0.15) is 11.5 Å². The highest BCUT2D eigenvalue weighted by Gasteiger charge is 2.28. The topological polar surface area (TPSA) is 88.4 Å². The van der Waals surface area contributed by atoms with E-state index in [1.165, 1.54) is 6.07 Å². The van der Waals surface area contributed by atoms with Gasteiger partial charge in [0.05, 0.1) is 4.92 Å². The Morgan fingerprint density at radius 1 is 1.17 bits per heavy atom. The maximum Gasteiger partial charge on any atom is 0.292 e. The van der Waals surface area contributed by atoms with E-state index in [0.717, 1.165) is 0 Å². The number of amides is 1. The molecule has 3 rings (SSSR count). The summed E-state index contributed by atoms with van der Waals surface area (Å²) in [5, 5.41) is 14.0. The molecule has 0 bridgehead atoms. The van der Waals surface area contributed by atoms with Crippen LogP contribution in [0.3, 0.4) is 0 Å². The fourth-order valence-corrected chi connectivity index (χ4v) is 2.93. The van der Waals surface area contributed by atoms with Crippen LogP contribution >= 0.6 is 0 Å². The van der Waals surface area contributed by atoms with Crippen molar-refractivity contribution < 1.29 is 9.72 Å². The van der Waals surface area contributed by atoms with Crippen molar-refractivity contribution >= 4 is 23.1 Å². The predicted molar refractivity (Wildman–Crippen MR) is 90.9 cm³/mol. The standard InChI is InChI=1S/C17H18N4O3/c22-17(19-16-7-3-4-10-18-16)13-8-11-20(12-9-13)14-5-1-2-6-15(14)21(23)24/h1-7,10,13H,8-9,11-12H2,(H,18,19,22). The van der Waals surface area contributed by atoms with Crippen LogP contribution in [-0.4, -0.2) is 28.9 Å². The van der Waals surface area contributed by atoms with Crippen LogP contribution in [0.15, 0.2) is 48.7 Å². The predicted octanol–water partition coefficient (Wildman–Crippen LogP) is 2.84. The average Bonchev–Trinajstić information content (AvgIpc) is 2.62. The number of hydrogen-bond donors (Lipinski definition) is 1. The molecular formula is C17H18N4O3. The van der Waals surface area contributed by atoms with Crippen LogP contribution in [-0.2, 0) is 4.79 Å². The maximum absolute atomic E-state index is 12.3. The van der Waals surface area contributed by atoms with Crippen LogP contribution < -0.4 is 10.2 Å². The summed E-state index contributed by atoms with van der Waals surface area (Å²) in [6.07, 6.45) is 2.95. The number of rotatable bonds is 4. The van der Waals surface area contributed by atoms with Crippen LogP contribution in [0, 0.1) is 16.0 Å². The van der Waals surface area contributed by atoms with Crippen molar-refractivity contribution in [3.8, 4) is 0 Å². The third-order valence-corrected chi connectivity index (χ3v) is 4.20. The lowest BCUT2D eigenvalue weighted by molar-refractivity contribution is -0.384. The summed E-state index contributed by atoms with van der Waals surface area (Å²) in [4.78, 5) is 29.2. The Balaban J connectivity index is 1.62. The number of pyridine rings is 1. The molecule has 1 aromatic carbocycles. The van der Waals surface area contributed by atoms with Crippen LogP contribution in [0.25, 0.3) is 0 Å². The number of nitro groups is 1. The molecule has 2 aromatic rings. The van der Waals surface area contributed by atoms with E-state index in [1.807, 2.05) is 11.0 Å². The molecule has 124 valence electrons. The highest BCUT2D eigenvalue weighted by Crippen LogP contribution is 2.31. The Kier molecular flexibility index (Phi) is 4.69. The number of carbonyl (C=O) groups excluding carboxylic acids is 1. The number of piperidine rings is 1. The Labute approximate surface area is 139 Å². The number of carbonyl (C=O) groups is 1. The van der Waals surface area contributed by atoms with Gasteiger partial charge < -0.3 is 10.2 Å². The van der Waals surface area contributed by atoms with Crippen molar-refractivity contribution in [1.29, 1.82) is 0 Å². The summed E-state index contributed by atoms with van der Waals surface area (Å²) in [5.74, 6) is 0.394. The van der Waals surface area contributed by atoms with Crippen molar-refractivity contribution in [2.24, 2.45) is 5.92 Å². The van der Waals surface area contributed by atoms with E-state index in [0.29, 0.717) is 37.4 Å². The molecule has 1 N–H and O–H groups in total. The zero-order chi connectivity index (χ0) is 16.9. The molecule has 1 aromatic heterocycles. The highest BCUT2D eigenvalue weighted by molar-refractivity contribution is 5.91. The lowest BCUT2D eigenvalue weighted by Crippen LogP contribution is -2.38. The Hall–Kier alpha value is -2.96. The minimum Gasteiger partial charge on any atom is -0.366 e. The fourth-order valence-electron chi connectivity index (χ4n) is 2.93. The van der Waals surface area contributed by atoms with Crippen LogP contribution in [0.1, 0.15) is 12.8 Å². The summed E-state index contributed by atoms with van der Waals surface area (Å²) >= 11 is 0. The fraction of sp³-hybridized carbons (Fsp3) is 0.294. The smallest absolute Gasteiger partial charge is 0.292 e. The lowest BCUT2D eigenvalue weighted by Gasteiger charge is -2.32. The van der Waals surface area contributed by atoms with Gasteiger partial charge in [0.25, 0.3) is 5.69 Å². The molecule has 0 aliphatic carbocycles. The SMILES string of the molecule is O=C(Nc1ccccn1)C1CCN(c2ccccc2[N+](=O)[O-])CC1. The van der Waals surface area contributed by atoms with Gasteiger partial charge >= 0.3 is 0 Å². The van der Waals surface area contributed by atoms with Gasteiger partial charge in [-0.05, 0) is 31.0 Å². The van der Waals surface area contributed by atoms with E-state index in [9.17, 15) is 14.9 Å². The summed E-state index contributed by atoms with van der Waals surface area (Å²) in [6.45, 7) is 1.23. The molecule has 2 heterocycles. The molecule has 1 saturated heterocycles. The number of nitro benzene ring substituents is 1. The summed E-state index contributed by atoms with van der Waals surface area (Å²) in [7, 11) is 0.